The summed E-state index contributed by atoms with van der Waals surface area (Å²) in [7, 11) is 0. The fourth-order valence-corrected chi connectivity index (χ4v) is 2.70. The van der Waals surface area contributed by atoms with Gasteiger partial charge in [0.1, 0.15) is 11.6 Å². The van der Waals surface area contributed by atoms with Crippen molar-refractivity contribution < 1.29 is 18.3 Å². The molecular formula is C18H18F2N2O2. The molecule has 1 heterocycles. The third kappa shape index (κ3) is 3.89. The normalized spacial score (nSPS) is 14.5. The van der Waals surface area contributed by atoms with Gasteiger partial charge in [-0.3, -0.25) is 4.79 Å². The van der Waals surface area contributed by atoms with Gasteiger partial charge in [0, 0.05) is 13.1 Å². The number of nitrogens with one attached hydrogen (secondary N) is 1. The van der Waals surface area contributed by atoms with Gasteiger partial charge in [-0.05, 0) is 29.8 Å². The molecule has 1 aliphatic heterocycles. The summed E-state index contributed by atoms with van der Waals surface area (Å²) in [5.74, 6) is -1.26. The van der Waals surface area contributed by atoms with Gasteiger partial charge in [-0.2, -0.15) is 0 Å². The molecule has 24 heavy (non-hydrogen) atoms. The molecule has 1 amide bonds. The molecular weight excluding hydrogens is 314 g/mol. The number of amides is 1. The summed E-state index contributed by atoms with van der Waals surface area (Å²) in [5, 5.41) is 2.70. The van der Waals surface area contributed by atoms with Crippen LogP contribution in [0.4, 0.5) is 20.2 Å². The number of anilines is 2. The Labute approximate surface area is 139 Å². The summed E-state index contributed by atoms with van der Waals surface area (Å²) in [6.45, 7) is 2.50. The minimum Gasteiger partial charge on any atom is -0.378 e. The van der Waals surface area contributed by atoms with Gasteiger partial charge in [0.15, 0.2) is 0 Å². The monoisotopic (exact) mass is 332 g/mol. The van der Waals surface area contributed by atoms with Gasteiger partial charge < -0.3 is 15.0 Å². The lowest BCUT2D eigenvalue weighted by molar-refractivity contribution is -0.115. The minimum atomic E-state index is -0.437. The highest BCUT2D eigenvalue weighted by Crippen LogP contribution is 2.28. The molecule has 0 unspecified atom stereocenters. The number of halogens is 2. The lowest BCUT2D eigenvalue weighted by atomic mass is 10.1. The van der Waals surface area contributed by atoms with E-state index < -0.39 is 11.6 Å². The van der Waals surface area contributed by atoms with E-state index in [1.54, 1.807) is 24.3 Å². The lowest BCUT2D eigenvalue weighted by Crippen LogP contribution is -2.36. The van der Waals surface area contributed by atoms with Crippen molar-refractivity contribution in [3.63, 3.8) is 0 Å². The first kappa shape index (κ1) is 16.4. The predicted molar refractivity (Wildman–Crippen MR) is 88.2 cm³/mol. The Morgan fingerprint density at radius 2 is 1.88 bits per heavy atom. The molecule has 0 saturated carbocycles. The molecule has 0 spiro atoms. The van der Waals surface area contributed by atoms with Crippen molar-refractivity contribution in [2.45, 2.75) is 6.42 Å². The Balaban J connectivity index is 1.77. The topological polar surface area (TPSA) is 41.6 Å². The minimum absolute atomic E-state index is 0.105. The second-order valence-corrected chi connectivity index (χ2v) is 5.58. The van der Waals surface area contributed by atoms with Crippen LogP contribution in [-0.2, 0) is 16.0 Å². The first-order valence-corrected chi connectivity index (χ1v) is 7.79. The number of benzene rings is 2. The van der Waals surface area contributed by atoms with Gasteiger partial charge in [-0.25, -0.2) is 8.78 Å². The number of morpholine rings is 1. The Hall–Kier alpha value is -2.47. The number of nitrogens with zero attached hydrogens (tertiary/aromatic N) is 1. The van der Waals surface area contributed by atoms with Gasteiger partial charge in [-0.1, -0.05) is 18.2 Å². The van der Waals surface area contributed by atoms with Crippen LogP contribution in [0, 0.1) is 11.6 Å². The number of ether oxygens (including phenoxy) is 1. The molecule has 0 bridgehead atoms. The molecule has 0 aliphatic carbocycles. The molecule has 1 aliphatic rings. The fraction of sp³-hybridized carbons (Fsp3) is 0.278. The number of rotatable bonds is 4. The van der Waals surface area contributed by atoms with Crippen LogP contribution in [0.25, 0.3) is 0 Å². The van der Waals surface area contributed by atoms with E-state index in [9.17, 15) is 13.6 Å². The van der Waals surface area contributed by atoms with Crippen molar-refractivity contribution in [1.29, 1.82) is 0 Å². The highest BCUT2D eigenvalue weighted by Gasteiger charge is 2.17. The van der Waals surface area contributed by atoms with Crippen molar-refractivity contribution in [2.24, 2.45) is 0 Å². The first-order valence-electron chi connectivity index (χ1n) is 7.79. The van der Waals surface area contributed by atoms with Gasteiger partial charge in [0.25, 0.3) is 0 Å². The Morgan fingerprint density at radius 1 is 1.12 bits per heavy atom. The first-order chi connectivity index (χ1) is 11.6. The summed E-state index contributed by atoms with van der Waals surface area (Å²) in [6, 6.07) is 10.4. The summed E-state index contributed by atoms with van der Waals surface area (Å²) in [5.41, 5.74) is 1.43. The van der Waals surface area contributed by atoms with Crippen molar-refractivity contribution in [1.82, 2.24) is 0 Å². The number of carbonyl (C=O) groups excluding carboxylic acids is 1. The summed E-state index contributed by atoms with van der Waals surface area (Å²) in [4.78, 5) is 14.3. The van der Waals surface area contributed by atoms with E-state index in [0.29, 0.717) is 37.6 Å². The molecule has 1 N–H and O–H groups in total. The van der Waals surface area contributed by atoms with E-state index in [-0.39, 0.29) is 12.3 Å². The molecule has 0 radical (unpaired) electrons. The standard InChI is InChI=1S/C18H18F2N2O2/c19-14-5-6-17(22-7-9-24-10-8-22)16(12-14)21-18(23)11-13-3-1-2-4-15(13)20/h1-6,12H,7-11H2,(H,21,23). The molecule has 3 rings (SSSR count). The van der Waals surface area contributed by atoms with Crippen LogP contribution in [0.5, 0.6) is 0 Å². The zero-order valence-corrected chi connectivity index (χ0v) is 13.1. The zero-order chi connectivity index (χ0) is 16.9. The summed E-state index contributed by atoms with van der Waals surface area (Å²) in [6.07, 6.45) is -0.105. The van der Waals surface area contributed by atoms with Crippen LogP contribution >= 0.6 is 0 Å². The number of hydrogen-bond donors (Lipinski definition) is 1. The van der Waals surface area contributed by atoms with Crippen molar-refractivity contribution in [2.75, 3.05) is 36.5 Å². The van der Waals surface area contributed by atoms with Crippen molar-refractivity contribution in [3.05, 3.63) is 59.7 Å². The molecule has 0 aromatic heterocycles. The third-order valence-electron chi connectivity index (χ3n) is 3.89. The molecule has 2 aromatic carbocycles. The third-order valence-corrected chi connectivity index (χ3v) is 3.89. The maximum atomic E-state index is 13.7. The van der Waals surface area contributed by atoms with E-state index in [4.69, 9.17) is 4.74 Å². The molecule has 6 heteroatoms. The SMILES string of the molecule is O=C(Cc1ccccc1F)Nc1cc(F)ccc1N1CCOCC1. The van der Waals surface area contributed by atoms with E-state index in [1.807, 2.05) is 4.90 Å². The maximum Gasteiger partial charge on any atom is 0.228 e. The van der Waals surface area contributed by atoms with E-state index in [1.165, 1.54) is 18.2 Å². The van der Waals surface area contributed by atoms with Gasteiger partial charge in [0.2, 0.25) is 5.91 Å². The number of carbonyl (C=O) groups is 1. The summed E-state index contributed by atoms with van der Waals surface area (Å²) >= 11 is 0. The van der Waals surface area contributed by atoms with Crippen LogP contribution in [-0.4, -0.2) is 32.2 Å². The fourth-order valence-electron chi connectivity index (χ4n) is 2.70. The lowest BCUT2D eigenvalue weighted by Gasteiger charge is -2.30. The van der Waals surface area contributed by atoms with Gasteiger partial charge in [-0.15, -0.1) is 0 Å². The van der Waals surface area contributed by atoms with Crippen LogP contribution in [0.15, 0.2) is 42.5 Å². The second kappa shape index (κ2) is 7.40. The van der Waals surface area contributed by atoms with Gasteiger partial charge in [0.05, 0.1) is 31.0 Å². The highest BCUT2D eigenvalue weighted by molar-refractivity contribution is 5.95. The average Bonchev–Trinajstić information content (AvgIpc) is 2.58. The smallest absolute Gasteiger partial charge is 0.228 e. The predicted octanol–water partition coefficient (Wildman–Crippen LogP) is 2.98. The largest absolute Gasteiger partial charge is 0.378 e. The van der Waals surface area contributed by atoms with E-state index in [0.717, 1.165) is 5.69 Å². The zero-order valence-electron chi connectivity index (χ0n) is 13.1. The summed E-state index contributed by atoms with van der Waals surface area (Å²) < 4.78 is 32.6. The molecule has 0 atom stereocenters. The molecule has 126 valence electrons. The average molecular weight is 332 g/mol. The van der Waals surface area contributed by atoms with E-state index >= 15 is 0 Å². The van der Waals surface area contributed by atoms with Crippen LogP contribution in [0.1, 0.15) is 5.56 Å². The van der Waals surface area contributed by atoms with Crippen LogP contribution in [0.2, 0.25) is 0 Å². The molecule has 2 aromatic rings. The van der Waals surface area contributed by atoms with E-state index in [2.05, 4.69) is 5.32 Å². The quantitative estimate of drug-likeness (QED) is 0.936. The van der Waals surface area contributed by atoms with Crippen LogP contribution < -0.4 is 10.2 Å². The number of hydrogen-bond acceptors (Lipinski definition) is 3. The molecule has 1 fully saturated rings. The Morgan fingerprint density at radius 3 is 2.62 bits per heavy atom. The van der Waals surface area contributed by atoms with Gasteiger partial charge >= 0.3 is 0 Å². The maximum absolute atomic E-state index is 13.7. The van der Waals surface area contributed by atoms with Crippen molar-refractivity contribution in [3.8, 4) is 0 Å². The Kier molecular flexibility index (Phi) is 5.05. The second-order valence-electron chi connectivity index (χ2n) is 5.58. The van der Waals surface area contributed by atoms with Crippen molar-refractivity contribution >= 4 is 17.3 Å². The highest BCUT2D eigenvalue weighted by atomic mass is 19.1. The molecule has 4 nitrogen and oxygen atoms in total. The molecule has 1 saturated heterocycles. The Bertz CT molecular complexity index is 731. The van der Waals surface area contributed by atoms with Crippen LogP contribution in [0.3, 0.4) is 0 Å².